The molecule has 4 rings (SSSR count). The zero-order valence-corrected chi connectivity index (χ0v) is 21.6. The van der Waals surface area contributed by atoms with Gasteiger partial charge in [0.2, 0.25) is 0 Å². The van der Waals surface area contributed by atoms with Crippen molar-refractivity contribution in [3.8, 4) is 0 Å². The van der Waals surface area contributed by atoms with Crippen LogP contribution in [0.3, 0.4) is 0 Å². The van der Waals surface area contributed by atoms with E-state index in [-0.39, 0.29) is 23.8 Å². The van der Waals surface area contributed by atoms with Gasteiger partial charge in [0.05, 0.1) is 0 Å². The van der Waals surface area contributed by atoms with E-state index in [9.17, 15) is 24.3 Å². The maximum atomic E-state index is 13.5. The zero-order valence-electron chi connectivity index (χ0n) is 20.8. The van der Waals surface area contributed by atoms with Crippen LogP contribution >= 0.6 is 11.8 Å². The summed E-state index contributed by atoms with van der Waals surface area (Å²) in [5.41, 5.74) is -0.0335. The van der Waals surface area contributed by atoms with E-state index in [4.69, 9.17) is 9.57 Å². The smallest absolute Gasteiger partial charge is 0.352 e. The molecule has 11 heteroatoms. The van der Waals surface area contributed by atoms with Crippen LogP contribution in [-0.4, -0.2) is 68.8 Å². The molecule has 2 aliphatic heterocycles. The van der Waals surface area contributed by atoms with E-state index in [1.807, 2.05) is 30.3 Å². The molecule has 2 aliphatic rings. The Morgan fingerprint density at radius 3 is 2.54 bits per heavy atom. The molecule has 37 heavy (non-hydrogen) atoms. The van der Waals surface area contributed by atoms with Gasteiger partial charge < -0.3 is 20.0 Å². The highest BCUT2D eigenvalue weighted by atomic mass is 32.2. The van der Waals surface area contributed by atoms with Crippen molar-refractivity contribution in [2.24, 2.45) is 5.16 Å². The molecule has 2 amide bonds. The highest BCUT2D eigenvalue weighted by molar-refractivity contribution is 8.00. The number of ether oxygens (including phenoxy) is 1. The van der Waals surface area contributed by atoms with E-state index in [1.54, 1.807) is 32.9 Å². The molecule has 2 aromatic rings. The van der Waals surface area contributed by atoms with Crippen LogP contribution < -0.4 is 5.32 Å². The van der Waals surface area contributed by atoms with Gasteiger partial charge in [0.15, 0.2) is 5.71 Å². The van der Waals surface area contributed by atoms with Crippen LogP contribution in [0.4, 0.5) is 0 Å². The number of amides is 2. The first kappa shape index (κ1) is 26.2. The first-order valence-electron chi connectivity index (χ1n) is 11.6. The molecule has 2 N–H and O–H groups in total. The van der Waals surface area contributed by atoms with Gasteiger partial charge in [0.25, 0.3) is 11.8 Å². The summed E-state index contributed by atoms with van der Waals surface area (Å²) >= 11 is 1.28. The number of nitrogens with zero attached hydrogens (tertiary/aromatic N) is 2. The second kappa shape index (κ2) is 10.3. The van der Waals surface area contributed by atoms with Crippen LogP contribution in [0.15, 0.2) is 58.9 Å². The summed E-state index contributed by atoms with van der Waals surface area (Å²) in [6.07, 6.45) is 0. The molecule has 0 aliphatic carbocycles. The summed E-state index contributed by atoms with van der Waals surface area (Å²) in [6.45, 7) is 6.40. The summed E-state index contributed by atoms with van der Waals surface area (Å²) < 4.78 is 4.96. The van der Waals surface area contributed by atoms with Crippen molar-refractivity contribution < 1.29 is 33.9 Å². The Morgan fingerprint density at radius 1 is 1.16 bits per heavy atom. The number of aliphatic carboxylic acids is 1. The number of carbonyl (C=O) groups is 4. The van der Waals surface area contributed by atoms with E-state index in [2.05, 4.69) is 10.5 Å². The minimum Gasteiger partial charge on any atom is -0.477 e. The topological polar surface area (TPSA) is 135 Å². The third-order valence-corrected chi connectivity index (χ3v) is 7.00. The van der Waals surface area contributed by atoms with Gasteiger partial charge in [-0.2, -0.15) is 0 Å². The normalized spacial score (nSPS) is 19.7. The number of oxime groups is 1. The predicted molar refractivity (Wildman–Crippen MR) is 138 cm³/mol. The lowest BCUT2D eigenvalue weighted by Gasteiger charge is -2.49. The average molecular weight is 526 g/mol. The molecule has 0 radical (unpaired) electrons. The molecule has 0 saturated carbocycles. The zero-order chi connectivity index (χ0) is 26.9. The molecule has 1 fully saturated rings. The molecule has 194 valence electrons. The minimum absolute atomic E-state index is 0.00309. The second-order valence-corrected chi connectivity index (χ2v) is 10.7. The van der Waals surface area contributed by atoms with Crippen molar-refractivity contribution in [2.45, 2.75) is 44.7 Å². The number of esters is 1. The first-order valence-corrected chi connectivity index (χ1v) is 12.6. The summed E-state index contributed by atoms with van der Waals surface area (Å²) in [7, 11) is 0. The number of carboxylic acid groups (broad SMARTS) is 1. The van der Waals surface area contributed by atoms with Crippen LogP contribution in [0.5, 0.6) is 0 Å². The minimum atomic E-state index is -1.30. The summed E-state index contributed by atoms with van der Waals surface area (Å²) in [5, 5.41) is 17.7. The monoisotopic (exact) mass is 525 g/mol. The lowest BCUT2D eigenvalue weighted by atomic mass is 9.99. The van der Waals surface area contributed by atoms with Gasteiger partial charge in [0, 0.05) is 23.8 Å². The SMILES string of the molecule is CC(=O)OCC1=C(C(=O)O)N2C(=O)[C@@H](NC(=O)C(=NOC(C)(C)C)c3cccc4ccccc34)[C@H]2SC1. The average Bonchev–Trinajstić information content (AvgIpc) is 2.84. The molecule has 0 spiro atoms. The number of carboxylic acids is 1. The van der Waals surface area contributed by atoms with Gasteiger partial charge >= 0.3 is 11.9 Å². The molecule has 2 aromatic carbocycles. The Morgan fingerprint density at radius 2 is 1.86 bits per heavy atom. The number of β-lactam (4-membered cyclic amide) rings is 1. The number of fused-ring (bicyclic) bond motifs is 2. The molecule has 1 saturated heterocycles. The fourth-order valence-electron chi connectivity index (χ4n) is 4.02. The highest BCUT2D eigenvalue weighted by Gasteiger charge is 2.54. The van der Waals surface area contributed by atoms with E-state index in [1.165, 1.54) is 18.7 Å². The predicted octanol–water partition coefficient (Wildman–Crippen LogP) is 2.66. The fraction of sp³-hybridized carbons (Fsp3) is 0.346. The van der Waals surface area contributed by atoms with Gasteiger partial charge in [-0.15, -0.1) is 11.8 Å². The number of hydrogen-bond acceptors (Lipinski definition) is 8. The van der Waals surface area contributed by atoms with Crippen LogP contribution in [0.1, 0.15) is 33.3 Å². The molecule has 0 unspecified atom stereocenters. The summed E-state index contributed by atoms with van der Waals surface area (Å²) in [6, 6.07) is 12.0. The van der Waals surface area contributed by atoms with E-state index in [0.29, 0.717) is 11.1 Å². The number of rotatable bonds is 7. The van der Waals surface area contributed by atoms with Gasteiger partial charge in [-0.3, -0.25) is 19.3 Å². The Balaban J connectivity index is 1.62. The van der Waals surface area contributed by atoms with Gasteiger partial charge in [-0.1, -0.05) is 47.6 Å². The van der Waals surface area contributed by atoms with Crippen LogP contribution in [0.25, 0.3) is 10.8 Å². The van der Waals surface area contributed by atoms with Gasteiger partial charge in [-0.25, -0.2) is 4.79 Å². The number of hydrogen-bond donors (Lipinski definition) is 2. The summed E-state index contributed by atoms with van der Waals surface area (Å²) in [4.78, 5) is 56.4. The van der Waals surface area contributed by atoms with Crippen molar-refractivity contribution in [3.05, 3.63) is 59.3 Å². The standard InChI is InChI=1S/C26H27N3O7S/c1-14(30)35-12-16-13-37-24-20(23(32)29(24)21(16)25(33)34)27-22(31)19(28-36-26(2,3)4)18-11-7-9-15-8-5-6-10-17(15)18/h5-11,20,24H,12-13H2,1-4H3,(H,27,31)(H,33,34)/t20-,24-/m1/s1. The van der Waals surface area contributed by atoms with Crippen molar-refractivity contribution in [3.63, 3.8) is 0 Å². The maximum Gasteiger partial charge on any atom is 0.352 e. The highest BCUT2D eigenvalue weighted by Crippen LogP contribution is 2.40. The molecule has 0 aromatic heterocycles. The Hall–Kier alpha value is -3.86. The third kappa shape index (κ3) is 5.46. The van der Waals surface area contributed by atoms with Gasteiger partial charge in [-0.05, 0) is 31.5 Å². The molecule has 2 atom stereocenters. The fourth-order valence-corrected chi connectivity index (χ4v) is 5.35. The maximum absolute atomic E-state index is 13.5. The molecule has 10 nitrogen and oxygen atoms in total. The number of carbonyl (C=O) groups excluding carboxylic acids is 3. The van der Waals surface area contributed by atoms with Crippen molar-refractivity contribution in [2.75, 3.05) is 12.4 Å². The van der Waals surface area contributed by atoms with Crippen LogP contribution in [0.2, 0.25) is 0 Å². The van der Waals surface area contributed by atoms with Crippen molar-refractivity contribution in [1.29, 1.82) is 0 Å². The number of nitrogens with one attached hydrogen (secondary N) is 1. The molecule has 2 heterocycles. The summed E-state index contributed by atoms with van der Waals surface area (Å²) in [5.74, 6) is -2.82. The first-order chi connectivity index (χ1) is 17.5. The van der Waals surface area contributed by atoms with E-state index >= 15 is 0 Å². The number of thioether (sulfide) groups is 1. The van der Waals surface area contributed by atoms with Crippen molar-refractivity contribution in [1.82, 2.24) is 10.2 Å². The van der Waals surface area contributed by atoms with Crippen LogP contribution in [-0.2, 0) is 28.8 Å². The van der Waals surface area contributed by atoms with E-state index in [0.717, 1.165) is 15.7 Å². The largest absolute Gasteiger partial charge is 0.477 e. The Bertz CT molecular complexity index is 1340. The third-order valence-electron chi connectivity index (χ3n) is 5.66. The lowest BCUT2D eigenvalue weighted by molar-refractivity contribution is -0.150. The Labute approximate surface area is 217 Å². The van der Waals surface area contributed by atoms with E-state index < -0.39 is 40.8 Å². The molecular formula is C26H27N3O7S. The molecule has 0 bridgehead atoms. The lowest BCUT2D eigenvalue weighted by Crippen LogP contribution is -2.71. The second-order valence-electron chi connectivity index (χ2n) is 9.57. The van der Waals surface area contributed by atoms with Gasteiger partial charge in [0.1, 0.15) is 29.3 Å². The molecular weight excluding hydrogens is 498 g/mol. The quantitative estimate of drug-likeness (QED) is 0.244. The Kier molecular flexibility index (Phi) is 7.26. The van der Waals surface area contributed by atoms with Crippen molar-refractivity contribution >= 4 is 52.0 Å². The van der Waals surface area contributed by atoms with Crippen LogP contribution in [0, 0.1) is 0 Å². The number of benzene rings is 2.